The van der Waals surface area contributed by atoms with Gasteiger partial charge in [0.25, 0.3) is 5.91 Å². The average molecular weight is 294 g/mol. The second-order valence-corrected chi connectivity index (χ2v) is 6.03. The van der Waals surface area contributed by atoms with E-state index in [1.165, 1.54) is 0 Å². The molecule has 2 heterocycles. The number of nitrogens with one attached hydrogen (secondary N) is 1. The van der Waals surface area contributed by atoms with Crippen molar-refractivity contribution in [2.45, 2.75) is 33.2 Å². The van der Waals surface area contributed by atoms with Gasteiger partial charge in [-0.2, -0.15) is 0 Å². The summed E-state index contributed by atoms with van der Waals surface area (Å²) in [6, 6.07) is 2.08. The number of rotatable bonds is 6. The van der Waals surface area contributed by atoms with Crippen molar-refractivity contribution in [1.82, 2.24) is 10.2 Å². The van der Waals surface area contributed by atoms with Crippen LogP contribution in [0.4, 0.5) is 0 Å². The zero-order valence-electron chi connectivity index (χ0n) is 13.2. The van der Waals surface area contributed by atoms with Crippen LogP contribution in [0.25, 0.3) is 0 Å². The molecule has 0 radical (unpaired) electrons. The van der Waals surface area contributed by atoms with Crippen molar-refractivity contribution in [3.05, 3.63) is 23.7 Å². The van der Waals surface area contributed by atoms with Crippen LogP contribution in [0.5, 0.6) is 0 Å². The zero-order valence-corrected chi connectivity index (χ0v) is 13.2. The smallest absolute Gasteiger partial charge is 0.254 e. The first-order valence-electron chi connectivity index (χ1n) is 7.72. The van der Waals surface area contributed by atoms with E-state index in [-0.39, 0.29) is 5.91 Å². The van der Waals surface area contributed by atoms with Gasteiger partial charge in [-0.25, -0.2) is 0 Å². The summed E-state index contributed by atoms with van der Waals surface area (Å²) in [6.07, 6.45) is 2.63. The van der Waals surface area contributed by atoms with Gasteiger partial charge in [0.2, 0.25) is 0 Å². The minimum atomic E-state index is -0.0525. The van der Waals surface area contributed by atoms with E-state index in [2.05, 4.69) is 24.1 Å². The Kier molecular flexibility index (Phi) is 5.82. The van der Waals surface area contributed by atoms with E-state index in [1.807, 2.05) is 6.92 Å². The number of aryl methyl sites for hydroxylation is 1. The van der Waals surface area contributed by atoms with Crippen molar-refractivity contribution in [3.63, 3.8) is 0 Å². The average Bonchev–Trinajstić information content (AvgIpc) is 2.90. The van der Waals surface area contributed by atoms with E-state index in [0.29, 0.717) is 29.8 Å². The number of furan rings is 1. The van der Waals surface area contributed by atoms with Gasteiger partial charge >= 0.3 is 0 Å². The number of amides is 1. The van der Waals surface area contributed by atoms with Crippen LogP contribution in [0.15, 0.2) is 16.7 Å². The first-order chi connectivity index (χ1) is 10.1. The minimum Gasteiger partial charge on any atom is -0.469 e. The second kappa shape index (κ2) is 7.61. The molecule has 1 aliphatic heterocycles. The van der Waals surface area contributed by atoms with Crippen molar-refractivity contribution < 1.29 is 13.9 Å². The van der Waals surface area contributed by atoms with Gasteiger partial charge in [0.1, 0.15) is 5.76 Å². The molecule has 1 saturated heterocycles. The van der Waals surface area contributed by atoms with Crippen LogP contribution in [-0.4, -0.2) is 49.7 Å². The van der Waals surface area contributed by atoms with E-state index >= 15 is 0 Å². The predicted molar refractivity (Wildman–Crippen MR) is 81.4 cm³/mol. The molecule has 1 aromatic heterocycles. The summed E-state index contributed by atoms with van der Waals surface area (Å²) in [5, 5.41) is 3.05. The fraction of sp³-hybridized carbons (Fsp3) is 0.688. The molecule has 21 heavy (non-hydrogen) atoms. The number of nitrogens with zero attached hydrogens (tertiary/aromatic N) is 1. The number of carbonyl (C=O) groups is 1. The minimum absolute atomic E-state index is 0.0525. The molecule has 118 valence electrons. The number of carbonyl (C=O) groups excluding carboxylic acids is 1. The zero-order chi connectivity index (χ0) is 15.2. The van der Waals surface area contributed by atoms with Gasteiger partial charge in [-0.3, -0.25) is 9.69 Å². The molecule has 1 aromatic rings. The third kappa shape index (κ3) is 4.58. The molecular weight excluding hydrogens is 268 g/mol. The molecule has 1 unspecified atom stereocenters. The third-order valence-electron chi connectivity index (χ3n) is 3.91. The van der Waals surface area contributed by atoms with Gasteiger partial charge in [0, 0.05) is 25.7 Å². The highest BCUT2D eigenvalue weighted by atomic mass is 16.5. The summed E-state index contributed by atoms with van der Waals surface area (Å²) in [5.41, 5.74) is 0.625. The van der Waals surface area contributed by atoms with Crippen molar-refractivity contribution in [3.8, 4) is 0 Å². The first kappa shape index (κ1) is 16.0. The van der Waals surface area contributed by atoms with E-state index in [1.54, 1.807) is 12.3 Å². The Bertz CT molecular complexity index is 450. The third-order valence-corrected chi connectivity index (χ3v) is 3.91. The topological polar surface area (TPSA) is 54.7 Å². The number of hydrogen-bond acceptors (Lipinski definition) is 4. The lowest BCUT2D eigenvalue weighted by Crippen LogP contribution is -2.49. The van der Waals surface area contributed by atoms with E-state index in [9.17, 15) is 4.79 Å². The lowest BCUT2D eigenvalue weighted by molar-refractivity contribution is 0.0124. The molecule has 1 aliphatic rings. The maximum Gasteiger partial charge on any atom is 0.254 e. The van der Waals surface area contributed by atoms with Gasteiger partial charge in [-0.1, -0.05) is 13.8 Å². The molecule has 1 N–H and O–H groups in total. The number of hydrogen-bond donors (Lipinski definition) is 1. The summed E-state index contributed by atoms with van der Waals surface area (Å²) in [5.74, 6) is 1.22. The van der Waals surface area contributed by atoms with Gasteiger partial charge in [-0.05, 0) is 25.3 Å². The van der Waals surface area contributed by atoms with Crippen LogP contribution in [0, 0.1) is 12.8 Å². The Morgan fingerprint density at radius 3 is 2.67 bits per heavy atom. The Hall–Kier alpha value is -1.33. The Labute approximate surface area is 126 Å². The van der Waals surface area contributed by atoms with Crippen LogP contribution < -0.4 is 5.32 Å². The first-order valence-corrected chi connectivity index (χ1v) is 7.72. The highest BCUT2D eigenvalue weighted by Gasteiger charge is 2.23. The molecule has 0 aromatic carbocycles. The van der Waals surface area contributed by atoms with Gasteiger partial charge in [0.05, 0.1) is 25.0 Å². The molecule has 5 nitrogen and oxygen atoms in total. The lowest BCUT2D eigenvalue weighted by Gasteiger charge is -2.35. The molecule has 1 atom stereocenters. The Morgan fingerprint density at radius 2 is 2.10 bits per heavy atom. The summed E-state index contributed by atoms with van der Waals surface area (Å²) in [6.45, 7) is 10.4. The SMILES string of the molecule is Cc1occc1C(=O)NCC(CC(C)C)N1CCOCC1. The largest absolute Gasteiger partial charge is 0.469 e. The predicted octanol–water partition coefficient (Wildman–Crippen LogP) is 2.06. The van der Waals surface area contributed by atoms with E-state index in [4.69, 9.17) is 9.15 Å². The lowest BCUT2D eigenvalue weighted by atomic mass is 10.0. The summed E-state index contributed by atoms with van der Waals surface area (Å²) in [4.78, 5) is 14.6. The van der Waals surface area contributed by atoms with Gasteiger partial charge < -0.3 is 14.5 Å². The monoisotopic (exact) mass is 294 g/mol. The second-order valence-electron chi connectivity index (χ2n) is 6.03. The Balaban J connectivity index is 1.92. The van der Waals surface area contributed by atoms with Crippen LogP contribution in [-0.2, 0) is 4.74 Å². The van der Waals surface area contributed by atoms with Crippen LogP contribution >= 0.6 is 0 Å². The summed E-state index contributed by atoms with van der Waals surface area (Å²) < 4.78 is 10.6. The van der Waals surface area contributed by atoms with Crippen LogP contribution in [0.2, 0.25) is 0 Å². The van der Waals surface area contributed by atoms with Gasteiger partial charge in [0.15, 0.2) is 0 Å². The maximum absolute atomic E-state index is 12.2. The molecule has 0 bridgehead atoms. The summed E-state index contributed by atoms with van der Waals surface area (Å²) in [7, 11) is 0. The van der Waals surface area contributed by atoms with Crippen molar-refractivity contribution in [2.24, 2.45) is 5.92 Å². The number of morpholine rings is 1. The van der Waals surface area contributed by atoms with Gasteiger partial charge in [-0.15, -0.1) is 0 Å². The van der Waals surface area contributed by atoms with Crippen molar-refractivity contribution in [2.75, 3.05) is 32.8 Å². The molecule has 1 amide bonds. The molecule has 2 rings (SSSR count). The fourth-order valence-corrected chi connectivity index (χ4v) is 2.77. The fourth-order valence-electron chi connectivity index (χ4n) is 2.77. The van der Waals surface area contributed by atoms with Crippen molar-refractivity contribution in [1.29, 1.82) is 0 Å². The highest BCUT2D eigenvalue weighted by Crippen LogP contribution is 2.14. The quantitative estimate of drug-likeness (QED) is 0.872. The molecule has 0 aliphatic carbocycles. The molecule has 5 heteroatoms. The summed E-state index contributed by atoms with van der Waals surface area (Å²) >= 11 is 0. The standard InChI is InChI=1S/C16H26N2O3/c1-12(2)10-14(18-5-8-20-9-6-18)11-17-16(19)15-4-7-21-13(15)3/h4,7,12,14H,5-6,8-11H2,1-3H3,(H,17,19). The molecule has 1 fully saturated rings. The maximum atomic E-state index is 12.2. The highest BCUT2D eigenvalue weighted by molar-refractivity contribution is 5.95. The molecular formula is C16H26N2O3. The van der Waals surface area contributed by atoms with Crippen molar-refractivity contribution >= 4 is 5.91 Å². The number of ether oxygens (including phenoxy) is 1. The van der Waals surface area contributed by atoms with E-state index < -0.39 is 0 Å². The van der Waals surface area contributed by atoms with Crippen LogP contribution in [0.3, 0.4) is 0 Å². The Morgan fingerprint density at radius 1 is 1.38 bits per heavy atom. The normalized spacial score (nSPS) is 17.9. The molecule has 0 spiro atoms. The molecule has 0 saturated carbocycles. The van der Waals surface area contributed by atoms with E-state index in [0.717, 1.165) is 32.7 Å². The van der Waals surface area contributed by atoms with Crippen LogP contribution in [0.1, 0.15) is 36.4 Å².